The standard InChI is InChI=1S/C17H19ClN4O3/c18-14-3-1-12(2-4-14)11-22-15(5-8-19-22)20-17(25)21-9-6-13(7-10-21)16(23)24/h1-5,8,13H,6-7,9-11H2,(H,20,25)(H,23,24). The molecule has 8 heteroatoms. The molecule has 0 spiro atoms. The second-order valence-electron chi connectivity index (χ2n) is 6.03. The maximum Gasteiger partial charge on any atom is 0.322 e. The number of carboxylic acids is 1. The van der Waals surface area contributed by atoms with E-state index in [1.807, 2.05) is 24.3 Å². The van der Waals surface area contributed by atoms with Crippen LogP contribution in [0.15, 0.2) is 36.5 Å². The van der Waals surface area contributed by atoms with Gasteiger partial charge in [-0.05, 0) is 30.5 Å². The highest BCUT2D eigenvalue weighted by Gasteiger charge is 2.27. The number of hydrogen-bond donors (Lipinski definition) is 2. The fourth-order valence-electron chi connectivity index (χ4n) is 2.85. The Kier molecular flexibility index (Phi) is 5.23. The first-order valence-corrected chi connectivity index (χ1v) is 8.45. The van der Waals surface area contributed by atoms with Gasteiger partial charge >= 0.3 is 12.0 Å². The minimum absolute atomic E-state index is 0.235. The van der Waals surface area contributed by atoms with Gasteiger partial charge in [0.15, 0.2) is 0 Å². The highest BCUT2D eigenvalue weighted by atomic mass is 35.5. The summed E-state index contributed by atoms with van der Waals surface area (Å²) in [4.78, 5) is 25.0. The quantitative estimate of drug-likeness (QED) is 0.875. The Bertz CT molecular complexity index is 752. The first-order chi connectivity index (χ1) is 12.0. The van der Waals surface area contributed by atoms with Crippen LogP contribution in [0.3, 0.4) is 0 Å². The molecule has 132 valence electrons. The summed E-state index contributed by atoms with van der Waals surface area (Å²) in [6, 6.07) is 8.94. The SMILES string of the molecule is O=C(O)C1CCN(C(=O)Nc2ccnn2Cc2ccc(Cl)cc2)CC1. The fourth-order valence-corrected chi connectivity index (χ4v) is 2.97. The summed E-state index contributed by atoms with van der Waals surface area (Å²) in [5.41, 5.74) is 1.02. The number of carbonyl (C=O) groups is 2. The lowest BCUT2D eigenvalue weighted by Gasteiger charge is -2.30. The first-order valence-electron chi connectivity index (χ1n) is 8.08. The average Bonchev–Trinajstić information content (AvgIpc) is 3.03. The number of aliphatic carboxylic acids is 1. The van der Waals surface area contributed by atoms with Crippen molar-refractivity contribution in [2.24, 2.45) is 5.92 Å². The van der Waals surface area contributed by atoms with E-state index in [2.05, 4.69) is 10.4 Å². The minimum atomic E-state index is -0.791. The second-order valence-corrected chi connectivity index (χ2v) is 6.47. The van der Waals surface area contributed by atoms with E-state index in [4.69, 9.17) is 16.7 Å². The van der Waals surface area contributed by atoms with Crippen LogP contribution in [0, 0.1) is 5.92 Å². The van der Waals surface area contributed by atoms with Crippen LogP contribution >= 0.6 is 11.6 Å². The van der Waals surface area contributed by atoms with Crippen molar-refractivity contribution in [3.63, 3.8) is 0 Å². The molecule has 2 heterocycles. The van der Waals surface area contributed by atoms with E-state index in [1.165, 1.54) is 0 Å². The molecule has 1 aliphatic rings. The van der Waals surface area contributed by atoms with Gasteiger partial charge in [0.05, 0.1) is 18.7 Å². The number of amides is 2. The van der Waals surface area contributed by atoms with Crippen LogP contribution in [0.2, 0.25) is 5.02 Å². The Morgan fingerprint density at radius 2 is 1.88 bits per heavy atom. The summed E-state index contributed by atoms with van der Waals surface area (Å²) in [5.74, 6) is -0.555. The van der Waals surface area contributed by atoms with Crippen molar-refractivity contribution in [3.05, 3.63) is 47.1 Å². The molecule has 0 bridgehead atoms. The van der Waals surface area contributed by atoms with Gasteiger partial charge in [-0.1, -0.05) is 23.7 Å². The van der Waals surface area contributed by atoms with Gasteiger partial charge in [0.25, 0.3) is 0 Å². The maximum atomic E-state index is 12.4. The molecule has 0 aliphatic carbocycles. The number of piperidine rings is 1. The van der Waals surface area contributed by atoms with Crippen molar-refractivity contribution < 1.29 is 14.7 Å². The molecule has 2 aromatic rings. The van der Waals surface area contributed by atoms with Crippen molar-refractivity contribution in [3.8, 4) is 0 Å². The molecule has 0 atom stereocenters. The van der Waals surface area contributed by atoms with E-state index in [0.717, 1.165) is 5.56 Å². The third-order valence-corrected chi connectivity index (χ3v) is 4.58. The molecule has 1 aromatic carbocycles. The van der Waals surface area contributed by atoms with E-state index in [9.17, 15) is 9.59 Å². The van der Waals surface area contributed by atoms with Crippen molar-refractivity contribution in [1.29, 1.82) is 0 Å². The summed E-state index contributed by atoms with van der Waals surface area (Å²) in [6.07, 6.45) is 2.59. The Morgan fingerprint density at radius 1 is 1.20 bits per heavy atom. The van der Waals surface area contributed by atoms with Gasteiger partial charge < -0.3 is 10.0 Å². The zero-order valence-corrected chi connectivity index (χ0v) is 14.3. The number of aromatic nitrogens is 2. The van der Waals surface area contributed by atoms with E-state index in [1.54, 1.807) is 21.8 Å². The second kappa shape index (κ2) is 7.57. The predicted octanol–water partition coefficient (Wildman–Crippen LogP) is 2.91. The van der Waals surface area contributed by atoms with Crippen LogP contribution in [0.1, 0.15) is 18.4 Å². The van der Waals surface area contributed by atoms with Crippen LogP contribution in [0.25, 0.3) is 0 Å². The van der Waals surface area contributed by atoms with Crippen LogP contribution in [-0.2, 0) is 11.3 Å². The summed E-state index contributed by atoms with van der Waals surface area (Å²) in [7, 11) is 0. The number of carbonyl (C=O) groups excluding carboxylic acids is 1. The molecular weight excluding hydrogens is 344 g/mol. The highest BCUT2D eigenvalue weighted by molar-refractivity contribution is 6.30. The molecule has 2 N–H and O–H groups in total. The molecule has 7 nitrogen and oxygen atoms in total. The Hall–Kier alpha value is -2.54. The number of benzene rings is 1. The van der Waals surface area contributed by atoms with Crippen molar-refractivity contribution in [2.45, 2.75) is 19.4 Å². The van der Waals surface area contributed by atoms with Gasteiger partial charge in [-0.3, -0.25) is 10.1 Å². The molecule has 0 unspecified atom stereocenters. The number of halogens is 1. The molecule has 2 amide bonds. The van der Waals surface area contributed by atoms with Crippen LogP contribution < -0.4 is 5.32 Å². The maximum absolute atomic E-state index is 12.4. The fraction of sp³-hybridized carbons (Fsp3) is 0.353. The van der Waals surface area contributed by atoms with Gasteiger partial charge in [0.2, 0.25) is 0 Å². The van der Waals surface area contributed by atoms with Crippen molar-refractivity contribution in [2.75, 3.05) is 18.4 Å². The van der Waals surface area contributed by atoms with E-state index in [-0.39, 0.29) is 11.9 Å². The topological polar surface area (TPSA) is 87.5 Å². The average molecular weight is 363 g/mol. The lowest BCUT2D eigenvalue weighted by molar-refractivity contribution is -0.143. The molecular formula is C17H19ClN4O3. The minimum Gasteiger partial charge on any atom is -0.481 e. The van der Waals surface area contributed by atoms with Crippen LogP contribution in [0.4, 0.5) is 10.6 Å². The normalized spacial score (nSPS) is 15.2. The molecule has 1 aliphatic heterocycles. The Morgan fingerprint density at radius 3 is 2.52 bits per heavy atom. The van der Waals surface area contributed by atoms with E-state index >= 15 is 0 Å². The molecule has 1 saturated heterocycles. The smallest absolute Gasteiger partial charge is 0.322 e. The Balaban J connectivity index is 1.60. The lowest BCUT2D eigenvalue weighted by Crippen LogP contribution is -2.42. The molecule has 1 aromatic heterocycles. The number of rotatable bonds is 4. The molecule has 25 heavy (non-hydrogen) atoms. The van der Waals surface area contributed by atoms with Gasteiger partial charge in [0, 0.05) is 24.2 Å². The Labute approximate surface area is 150 Å². The monoisotopic (exact) mass is 362 g/mol. The van der Waals surface area contributed by atoms with Crippen molar-refractivity contribution >= 4 is 29.4 Å². The third-order valence-electron chi connectivity index (χ3n) is 4.33. The number of anilines is 1. The number of hydrogen-bond acceptors (Lipinski definition) is 3. The van der Waals surface area contributed by atoms with E-state index < -0.39 is 5.97 Å². The number of likely N-dealkylation sites (tertiary alicyclic amines) is 1. The van der Waals surface area contributed by atoms with E-state index in [0.29, 0.717) is 43.3 Å². The van der Waals surface area contributed by atoms with Crippen LogP contribution in [0.5, 0.6) is 0 Å². The zero-order chi connectivity index (χ0) is 17.8. The van der Waals surface area contributed by atoms with Gasteiger partial charge in [-0.2, -0.15) is 5.10 Å². The number of nitrogens with zero attached hydrogens (tertiary/aromatic N) is 3. The third kappa shape index (κ3) is 4.30. The summed E-state index contributed by atoms with van der Waals surface area (Å²) in [5, 5.41) is 16.8. The highest BCUT2D eigenvalue weighted by Crippen LogP contribution is 2.19. The summed E-state index contributed by atoms with van der Waals surface area (Å²) in [6.45, 7) is 1.39. The van der Waals surface area contributed by atoms with Gasteiger partial charge in [-0.15, -0.1) is 0 Å². The molecule has 1 fully saturated rings. The molecule has 0 radical (unpaired) electrons. The lowest BCUT2D eigenvalue weighted by atomic mass is 9.97. The van der Waals surface area contributed by atoms with Gasteiger partial charge in [-0.25, -0.2) is 9.48 Å². The zero-order valence-electron chi connectivity index (χ0n) is 13.6. The van der Waals surface area contributed by atoms with Crippen LogP contribution in [-0.4, -0.2) is 44.9 Å². The summed E-state index contributed by atoms with van der Waals surface area (Å²) < 4.78 is 1.70. The van der Waals surface area contributed by atoms with Crippen molar-refractivity contribution in [1.82, 2.24) is 14.7 Å². The number of urea groups is 1. The number of nitrogens with one attached hydrogen (secondary N) is 1. The largest absolute Gasteiger partial charge is 0.481 e. The van der Waals surface area contributed by atoms with Gasteiger partial charge in [0.1, 0.15) is 5.82 Å². The molecule has 0 saturated carbocycles. The molecule has 3 rings (SSSR count). The predicted molar refractivity (Wildman–Crippen MR) is 93.7 cm³/mol. The first kappa shape index (κ1) is 17.3. The summed E-state index contributed by atoms with van der Waals surface area (Å²) >= 11 is 5.89. The number of carboxylic acid groups (broad SMARTS) is 1.